The molecule has 0 aromatic carbocycles. The number of aromatic amines is 1. The Balaban J connectivity index is 2.68. The molecule has 7 nitrogen and oxygen atoms in total. The lowest BCUT2D eigenvalue weighted by Crippen LogP contribution is -1.91. The van der Waals surface area contributed by atoms with Crippen LogP contribution in [-0.4, -0.2) is 29.0 Å². The topological polar surface area (TPSA) is 97.8 Å². The summed E-state index contributed by atoms with van der Waals surface area (Å²) in [6, 6.07) is -0.230. The number of nitrogens with one attached hydrogen (secondary N) is 1. The maximum Gasteiger partial charge on any atom is 0.348 e. The van der Waals surface area contributed by atoms with Gasteiger partial charge in [-0.25, -0.2) is 5.10 Å². The molecular weight excluding hydrogens is 148 g/mol. The van der Waals surface area contributed by atoms with E-state index in [0.29, 0.717) is 0 Å². The van der Waals surface area contributed by atoms with Gasteiger partial charge >= 0.3 is 17.0 Å². The maximum absolute atomic E-state index is 9.77. The SMILES string of the molecule is O=[SH](=O)Oc1nnn[nH]1. The van der Waals surface area contributed by atoms with Gasteiger partial charge in [0.05, 0.1) is 0 Å². The molecule has 0 fully saturated rings. The lowest BCUT2D eigenvalue weighted by atomic mass is 11.3. The molecular formula is CH2N4O3S. The Morgan fingerprint density at radius 1 is 1.56 bits per heavy atom. The van der Waals surface area contributed by atoms with Gasteiger partial charge in [0.2, 0.25) is 0 Å². The molecule has 0 radical (unpaired) electrons. The number of H-pyrrole nitrogens is 1. The molecule has 8 heteroatoms. The van der Waals surface area contributed by atoms with Crippen molar-refractivity contribution >= 4 is 11.0 Å². The Morgan fingerprint density at radius 3 is 2.78 bits per heavy atom. The largest absolute Gasteiger partial charge is 0.348 e. The Labute approximate surface area is 51.2 Å². The summed E-state index contributed by atoms with van der Waals surface area (Å²) in [5.41, 5.74) is 0. The van der Waals surface area contributed by atoms with Gasteiger partial charge in [-0.2, -0.15) is 8.42 Å². The summed E-state index contributed by atoms with van der Waals surface area (Å²) in [5, 5.41) is 11.3. The standard InChI is InChI=1S/CH2N4O3S/c6-9(7)8-1-2-4-5-3-1/h9H,(H,2,3,4,5). The normalized spacial score (nSPS) is 9.89. The average molecular weight is 150 g/mol. The summed E-state index contributed by atoms with van der Waals surface area (Å²) in [6.07, 6.45) is 0. The predicted octanol–water partition coefficient (Wildman–Crippen LogP) is -1.90. The van der Waals surface area contributed by atoms with Gasteiger partial charge in [-0.1, -0.05) is 5.10 Å². The zero-order chi connectivity index (χ0) is 6.69. The minimum Gasteiger partial charge on any atom is -0.344 e. The molecule has 9 heavy (non-hydrogen) atoms. The molecule has 0 saturated heterocycles. The van der Waals surface area contributed by atoms with Crippen molar-refractivity contribution in [3.05, 3.63) is 0 Å². The zero-order valence-corrected chi connectivity index (χ0v) is 4.91. The molecule has 0 spiro atoms. The van der Waals surface area contributed by atoms with Crippen molar-refractivity contribution in [2.75, 3.05) is 0 Å². The number of hydrogen-bond donors (Lipinski definition) is 2. The van der Waals surface area contributed by atoms with Crippen molar-refractivity contribution in [3.63, 3.8) is 0 Å². The van der Waals surface area contributed by atoms with E-state index >= 15 is 0 Å². The van der Waals surface area contributed by atoms with Gasteiger partial charge in [-0.15, -0.1) is 0 Å². The summed E-state index contributed by atoms with van der Waals surface area (Å²) < 4.78 is 23.5. The van der Waals surface area contributed by atoms with E-state index in [2.05, 4.69) is 24.8 Å². The molecule has 0 aliphatic heterocycles. The Morgan fingerprint density at radius 2 is 2.33 bits per heavy atom. The molecule has 50 valence electrons. The highest BCUT2D eigenvalue weighted by Crippen LogP contribution is 1.91. The third kappa shape index (κ3) is 1.64. The minimum atomic E-state index is -2.92. The minimum absolute atomic E-state index is 0.230. The van der Waals surface area contributed by atoms with Crippen LogP contribution in [0.25, 0.3) is 0 Å². The van der Waals surface area contributed by atoms with Crippen LogP contribution in [0.4, 0.5) is 0 Å². The first kappa shape index (κ1) is 5.95. The first-order valence-electron chi connectivity index (χ1n) is 1.85. The third-order valence-electron chi connectivity index (χ3n) is 0.487. The van der Waals surface area contributed by atoms with Crippen molar-refractivity contribution in [1.29, 1.82) is 0 Å². The van der Waals surface area contributed by atoms with Crippen LogP contribution in [0.15, 0.2) is 0 Å². The first-order chi connectivity index (χ1) is 4.29. The molecule has 0 unspecified atom stereocenters. The summed E-state index contributed by atoms with van der Waals surface area (Å²) >= 11 is 0. The Hall–Kier alpha value is -1.18. The van der Waals surface area contributed by atoms with E-state index < -0.39 is 11.0 Å². The molecule has 0 aliphatic rings. The predicted molar refractivity (Wildman–Crippen MR) is 25.1 cm³/mol. The van der Waals surface area contributed by atoms with Crippen LogP contribution >= 0.6 is 0 Å². The second-order valence-corrected chi connectivity index (χ2v) is 1.65. The second-order valence-electron chi connectivity index (χ2n) is 1.02. The lowest BCUT2D eigenvalue weighted by molar-refractivity contribution is 0.487. The van der Waals surface area contributed by atoms with E-state index in [1.807, 2.05) is 0 Å². The van der Waals surface area contributed by atoms with Crippen molar-refractivity contribution in [2.45, 2.75) is 0 Å². The van der Waals surface area contributed by atoms with Gasteiger partial charge in [-0.05, 0) is 10.4 Å². The fourth-order valence-corrected chi connectivity index (χ4v) is 0.478. The van der Waals surface area contributed by atoms with Crippen LogP contribution in [0.1, 0.15) is 0 Å². The van der Waals surface area contributed by atoms with Gasteiger partial charge in [0.25, 0.3) is 0 Å². The molecule has 0 atom stereocenters. The third-order valence-corrected chi connectivity index (χ3v) is 0.809. The van der Waals surface area contributed by atoms with Gasteiger partial charge in [0, 0.05) is 0 Å². The number of hydrogen-bond acceptors (Lipinski definition) is 6. The van der Waals surface area contributed by atoms with Gasteiger partial charge < -0.3 is 4.18 Å². The molecule has 1 N–H and O–H groups in total. The van der Waals surface area contributed by atoms with Crippen LogP contribution in [0.3, 0.4) is 0 Å². The molecule has 0 saturated carbocycles. The van der Waals surface area contributed by atoms with E-state index in [1.165, 1.54) is 0 Å². The molecule has 1 aromatic rings. The number of nitrogens with zero attached hydrogens (tertiary/aromatic N) is 3. The van der Waals surface area contributed by atoms with E-state index in [0.717, 1.165) is 0 Å². The van der Waals surface area contributed by atoms with Gasteiger partial charge in [0.15, 0.2) is 0 Å². The zero-order valence-electron chi connectivity index (χ0n) is 4.01. The van der Waals surface area contributed by atoms with Crippen molar-refractivity contribution in [2.24, 2.45) is 0 Å². The Bertz CT molecular complexity index is 230. The van der Waals surface area contributed by atoms with Gasteiger partial charge in [0.1, 0.15) is 0 Å². The highest BCUT2D eigenvalue weighted by Gasteiger charge is 1.94. The van der Waals surface area contributed by atoms with Gasteiger partial charge in [-0.3, -0.25) is 0 Å². The summed E-state index contributed by atoms with van der Waals surface area (Å²) in [6.45, 7) is 0. The number of aromatic nitrogens is 4. The molecule has 0 aliphatic carbocycles. The number of tetrazole rings is 1. The van der Waals surface area contributed by atoms with Crippen LogP contribution in [0.2, 0.25) is 0 Å². The quantitative estimate of drug-likeness (QED) is 0.478. The fraction of sp³-hybridized carbons (Fsp3) is 0. The van der Waals surface area contributed by atoms with E-state index in [4.69, 9.17) is 0 Å². The molecule has 1 rings (SSSR count). The highest BCUT2D eigenvalue weighted by molar-refractivity contribution is 7.67. The molecule has 1 aromatic heterocycles. The molecule has 0 amide bonds. The van der Waals surface area contributed by atoms with E-state index in [-0.39, 0.29) is 6.01 Å². The van der Waals surface area contributed by atoms with Crippen molar-refractivity contribution in [1.82, 2.24) is 20.6 Å². The summed E-state index contributed by atoms with van der Waals surface area (Å²) in [4.78, 5) is 0. The van der Waals surface area contributed by atoms with Crippen LogP contribution in [0, 0.1) is 0 Å². The van der Waals surface area contributed by atoms with Crippen LogP contribution in [0.5, 0.6) is 6.01 Å². The maximum atomic E-state index is 9.77. The van der Waals surface area contributed by atoms with Crippen molar-refractivity contribution in [3.8, 4) is 6.01 Å². The van der Waals surface area contributed by atoms with Crippen LogP contribution in [-0.2, 0) is 11.0 Å². The summed E-state index contributed by atoms with van der Waals surface area (Å²) in [5.74, 6) is 0. The highest BCUT2D eigenvalue weighted by atomic mass is 32.2. The van der Waals surface area contributed by atoms with E-state index in [9.17, 15) is 8.42 Å². The molecule has 1 heterocycles. The first-order valence-corrected chi connectivity index (χ1v) is 2.94. The fourth-order valence-electron chi connectivity index (χ4n) is 0.260. The number of thiol groups is 1. The smallest absolute Gasteiger partial charge is 0.344 e. The molecule has 0 bridgehead atoms. The van der Waals surface area contributed by atoms with E-state index in [1.54, 1.807) is 0 Å². The lowest BCUT2D eigenvalue weighted by Gasteiger charge is -1.82. The second kappa shape index (κ2) is 2.40. The van der Waals surface area contributed by atoms with Crippen LogP contribution < -0.4 is 4.18 Å². The average Bonchev–Trinajstić information content (AvgIpc) is 2.15. The summed E-state index contributed by atoms with van der Waals surface area (Å²) in [7, 11) is -2.92. The van der Waals surface area contributed by atoms with Crippen molar-refractivity contribution < 1.29 is 12.6 Å². The Kier molecular flexibility index (Phi) is 1.58. The number of rotatable bonds is 2. The monoisotopic (exact) mass is 150 g/mol.